The number of hydrogen-bond acceptors (Lipinski definition) is 4. The average molecular weight is 342 g/mol. The molecule has 25 heavy (non-hydrogen) atoms. The Balaban J connectivity index is 1.89. The topological polar surface area (TPSA) is 87.3 Å². The highest BCUT2D eigenvalue weighted by molar-refractivity contribution is 5.99. The molecule has 1 aliphatic heterocycles. The highest BCUT2D eigenvalue weighted by atomic mass is 16.5. The zero-order valence-electron chi connectivity index (χ0n) is 14.4. The molecular formula is C18H22N4O3. The molecule has 0 spiro atoms. The molecule has 2 amide bonds. The van der Waals surface area contributed by atoms with Crippen LogP contribution >= 0.6 is 0 Å². The molecule has 7 nitrogen and oxygen atoms in total. The fourth-order valence-electron chi connectivity index (χ4n) is 3.43. The minimum atomic E-state index is -0.974. The number of aromatic amines is 1. The van der Waals surface area contributed by atoms with E-state index in [0.29, 0.717) is 24.4 Å². The minimum absolute atomic E-state index is 0.165. The minimum Gasteiger partial charge on any atom is -0.382 e. The van der Waals surface area contributed by atoms with Gasteiger partial charge in [-0.1, -0.05) is 30.3 Å². The summed E-state index contributed by atoms with van der Waals surface area (Å²) in [7, 11) is 3.11. The molecule has 1 fully saturated rings. The Kier molecular flexibility index (Phi) is 4.85. The van der Waals surface area contributed by atoms with Crippen molar-refractivity contribution in [1.29, 1.82) is 0 Å². The molecule has 7 heteroatoms. The maximum Gasteiger partial charge on any atom is 0.272 e. The zero-order chi connectivity index (χ0) is 17.9. The normalized spacial score (nSPS) is 19.8. The summed E-state index contributed by atoms with van der Waals surface area (Å²) in [4.78, 5) is 27.1. The van der Waals surface area contributed by atoms with Crippen molar-refractivity contribution in [3.8, 4) is 11.3 Å². The van der Waals surface area contributed by atoms with Gasteiger partial charge in [0.1, 0.15) is 11.2 Å². The Labute approximate surface area is 146 Å². The molecule has 1 aliphatic rings. The van der Waals surface area contributed by atoms with Crippen LogP contribution in [-0.4, -0.2) is 59.8 Å². The fraction of sp³-hybridized carbons (Fsp3) is 0.389. The number of benzene rings is 1. The van der Waals surface area contributed by atoms with Gasteiger partial charge in [-0.2, -0.15) is 5.10 Å². The van der Waals surface area contributed by atoms with Crippen LogP contribution in [0.1, 0.15) is 23.3 Å². The Hall–Kier alpha value is -2.67. The van der Waals surface area contributed by atoms with Crippen molar-refractivity contribution in [2.45, 2.75) is 18.4 Å². The Morgan fingerprint density at radius 2 is 2.12 bits per heavy atom. The molecular weight excluding hydrogens is 320 g/mol. The predicted octanol–water partition coefficient (Wildman–Crippen LogP) is 1.44. The number of hydrogen-bond donors (Lipinski definition) is 2. The van der Waals surface area contributed by atoms with Gasteiger partial charge in [0.25, 0.3) is 5.91 Å². The molecule has 2 heterocycles. The van der Waals surface area contributed by atoms with Gasteiger partial charge in [-0.25, -0.2) is 0 Å². The molecule has 2 N–H and O–H groups in total. The van der Waals surface area contributed by atoms with Gasteiger partial charge in [-0.15, -0.1) is 0 Å². The van der Waals surface area contributed by atoms with Gasteiger partial charge in [0, 0.05) is 26.3 Å². The standard InChI is InChI=1S/C18H22N4O3/c1-19-17(24)18(12-25-2)9-6-10-22(18)16(23)15-11-14(20-21-15)13-7-4-3-5-8-13/h3-5,7-8,11H,6,9-10,12H2,1-2H3,(H,19,24)(H,20,21). The van der Waals surface area contributed by atoms with Crippen molar-refractivity contribution >= 4 is 11.8 Å². The van der Waals surface area contributed by atoms with E-state index in [4.69, 9.17) is 4.74 Å². The number of aromatic nitrogens is 2. The van der Waals surface area contributed by atoms with Gasteiger partial charge >= 0.3 is 0 Å². The molecule has 2 aromatic rings. The molecule has 0 saturated carbocycles. The van der Waals surface area contributed by atoms with E-state index >= 15 is 0 Å². The number of methoxy groups -OCH3 is 1. The van der Waals surface area contributed by atoms with E-state index in [2.05, 4.69) is 15.5 Å². The lowest BCUT2D eigenvalue weighted by atomic mass is 9.95. The summed E-state index contributed by atoms with van der Waals surface area (Å²) in [6.45, 7) is 0.674. The van der Waals surface area contributed by atoms with E-state index in [1.54, 1.807) is 18.0 Å². The number of carbonyl (C=O) groups is 2. The molecule has 1 atom stereocenters. The lowest BCUT2D eigenvalue weighted by Gasteiger charge is -2.35. The first-order chi connectivity index (χ1) is 12.1. The summed E-state index contributed by atoms with van der Waals surface area (Å²) in [5, 5.41) is 9.70. The molecule has 1 saturated heterocycles. The van der Waals surface area contributed by atoms with E-state index in [9.17, 15) is 9.59 Å². The second kappa shape index (κ2) is 7.06. The summed E-state index contributed by atoms with van der Waals surface area (Å²) >= 11 is 0. The smallest absolute Gasteiger partial charge is 0.272 e. The van der Waals surface area contributed by atoms with Crippen LogP contribution in [0.3, 0.4) is 0 Å². The first-order valence-electron chi connectivity index (χ1n) is 8.26. The Bertz CT molecular complexity index is 759. The maximum absolute atomic E-state index is 13.0. The van der Waals surface area contributed by atoms with Gasteiger partial charge < -0.3 is 15.0 Å². The summed E-state index contributed by atoms with van der Waals surface area (Å²) in [5.74, 6) is -0.448. The SMILES string of the molecule is CNC(=O)C1(COC)CCCN1C(=O)c1cc(-c2ccccc2)n[nH]1. The summed E-state index contributed by atoms with van der Waals surface area (Å²) < 4.78 is 5.26. The summed E-state index contributed by atoms with van der Waals surface area (Å²) in [5.41, 5.74) is 1.01. The van der Waals surface area contributed by atoms with Crippen LogP contribution in [0, 0.1) is 0 Å². The molecule has 0 aliphatic carbocycles. The van der Waals surface area contributed by atoms with Gasteiger partial charge in [-0.3, -0.25) is 14.7 Å². The van der Waals surface area contributed by atoms with Gasteiger partial charge in [0.15, 0.2) is 0 Å². The monoisotopic (exact) mass is 342 g/mol. The first-order valence-corrected chi connectivity index (χ1v) is 8.26. The lowest BCUT2D eigenvalue weighted by molar-refractivity contribution is -0.133. The quantitative estimate of drug-likeness (QED) is 0.861. The van der Waals surface area contributed by atoms with E-state index < -0.39 is 5.54 Å². The number of H-pyrrole nitrogens is 1. The van der Waals surface area contributed by atoms with Crippen molar-refractivity contribution in [2.75, 3.05) is 27.3 Å². The lowest BCUT2D eigenvalue weighted by Crippen LogP contribution is -2.59. The first kappa shape index (κ1) is 17.2. The Morgan fingerprint density at radius 3 is 2.80 bits per heavy atom. The number of likely N-dealkylation sites (N-methyl/N-ethyl adjacent to an activating group) is 1. The molecule has 1 unspecified atom stereocenters. The van der Waals surface area contributed by atoms with Crippen LogP contribution < -0.4 is 5.32 Å². The van der Waals surface area contributed by atoms with Crippen molar-refractivity contribution in [3.63, 3.8) is 0 Å². The maximum atomic E-state index is 13.0. The second-order valence-electron chi connectivity index (χ2n) is 6.14. The zero-order valence-corrected chi connectivity index (χ0v) is 14.4. The van der Waals surface area contributed by atoms with Crippen molar-refractivity contribution in [2.24, 2.45) is 0 Å². The fourth-order valence-corrected chi connectivity index (χ4v) is 3.43. The van der Waals surface area contributed by atoms with Crippen LogP contribution in [0.15, 0.2) is 36.4 Å². The van der Waals surface area contributed by atoms with E-state index in [0.717, 1.165) is 12.0 Å². The van der Waals surface area contributed by atoms with Crippen molar-refractivity contribution in [1.82, 2.24) is 20.4 Å². The molecule has 1 aromatic heterocycles. The van der Waals surface area contributed by atoms with Crippen LogP contribution in [0.25, 0.3) is 11.3 Å². The Morgan fingerprint density at radius 1 is 1.36 bits per heavy atom. The highest BCUT2D eigenvalue weighted by Crippen LogP contribution is 2.32. The van der Waals surface area contributed by atoms with Crippen LogP contribution in [0.4, 0.5) is 0 Å². The van der Waals surface area contributed by atoms with E-state index in [1.807, 2.05) is 30.3 Å². The average Bonchev–Trinajstić information content (AvgIpc) is 3.29. The summed E-state index contributed by atoms with van der Waals surface area (Å²) in [6.07, 6.45) is 1.33. The number of rotatable bonds is 5. The largest absolute Gasteiger partial charge is 0.382 e. The molecule has 1 aromatic carbocycles. The molecule has 132 valence electrons. The molecule has 0 radical (unpaired) electrons. The number of nitrogens with one attached hydrogen (secondary N) is 2. The number of ether oxygens (including phenoxy) is 1. The van der Waals surface area contributed by atoms with E-state index in [1.165, 1.54) is 7.11 Å². The summed E-state index contributed by atoms with van der Waals surface area (Å²) in [6, 6.07) is 11.3. The van der Waals surface area contributed by atoms with Gasteiger partial charge in [-0.05, 0) is 18.9 Å². The number of nitrogens with zero attached hydrogens (tertiary/aromatic N) is 2. The third-order valence-corrected chi connectivity index (χ3v) is 4.64. The van der Waals surface area contributed by atoms with Gasteiger partial charge in [0.05, 0.1) is 12.3 Å². The number of carbonyl (C=O) groups excluding carboxylic acids is 2. The van der Waals surface area contributed by atoms with Crippen LogP contribution in [0.5, 0.6) is 0 Å². The predicted molar refractivity (Wildman–Crippen MR) is 93.0 cm³/mol. The number of likely N-dealkylation sites (tertiary alicyclic amines) is 1. The van der Waals surface area contributed by atoms with Crippen LogP contribution in [-0.2, 0) is 9.53 Å². The molecule has 3 rings (SSSR count). The van der Waals surface area contributed by atoms with Crippen LogP contribution in [0.2, 0.25) is 0 Å². The van der Waals surface area contributed by atoms with Crippen molar-refractivity contribution in [3.05, 3.63) is 42.1 Å². The third-order valence-electron chi connectivity index (χ3n) is 4.64. The third kappa shape index (κ3) is 3.02. The van der Waals surface area contributed by atoms with E-state index in [-0.39, 0.29) is 18.4 Å². The molecule has 0 bridgehead atoms. The van der Waals surface area contributed by atoms with Gasteiger partial charge in [0.2, 0.25) is 5.91 Å². The highest BCUT2D eigenvalue weighted by Gasteiger charge is 2.49. The number of amides is 2. The second-order valence-corrected chi connectivity index (χ2v) is 6.14. The van der Waals surface area contributed by atoms with Crippen molar-refractivity contribution < 1.29 is 14.3 Å².